The standard InChI is InChI=1S/C17H24N2O3S.ClH/c1-13(20)15-4-2-5-16(12-15)23(21,22)19-10-7-14(8-11-19)17-6-3-9-18-17;/h2,4-5,12,14,17-18H,3,6-11H2,1H3;1H. The average molecular weight is 373 g/mol. The number of piperidine rings is 1. The normalized spacial score (nSPS) is 23.0. The predicted molar refractivity (Wildman–Crippen MR) is 96.2 cm³/mol. The summed E-state index contributed by atoms with van der Waals surface area (Å²) < 4.78 is 27.1. The quantitative estimate of drug-likeness (QED) is 0.824. The molecule has 2 aliphatic rings. The van der Waals surface area contributed by atoms with Crippen LogP contribution in [-0.4, -0.2) is 44.2 Å². The maximum Gasteiger partial charge on any atom is 0.243 e. The number of hydrogen-bond acceptors (Lipinski definition) is 4. The number of halogens is 1. The second-order valence-electron chi connectivity index (χ2n) is 6.53. The summed E-state index contributed by atoms with van der Waals surface area (Å²) in [5, 5.41) is 3.53. The third kappa shape index (κ3) is 3.99. The third-order valence-electron chi connectivity index (χ3n) is 5.04. The number of carbonyl (C=O) groups excluding carboxylic acids is 1. The molecule has 2 heterocycles. The molecule has 5 nitrogen and oxygen atoms in total. The van der Waals surface area contributed by atoms with Gasteiger partial charge in [-0.2, -0.15) is 4.31 Å². The smallest absolute Gasteiger partial charge is 0.243 e. The van der Waals surface area contributed by atoms with Gasteiger partial charge >= 0.3 is 0 Å². The first kappa shape index (κ1) is 19.4. The molecule has 0 amide bonds. The van der Waals surface area contributed by atoms with Crippen molar-refractivity contribution in [2.75, 3.05) is 19.6 Å². The summed E-state index contributed by atoms with van der Waals surface area (Å²) in [5.41, 5.74) is 0.441. The number of nitrogens with one attached hydrogen (secondary N) is 1. The second-order valence-corrected chi connectivity index (χ2v) is 8.47. The van der Waals surface area contributed by atoms with Gasteiger partial charge in [0.1, 0.15) is 0 Å². The Balaban J connectivity index is 0.00000208. The van der Waals surface area contributed by atoms with E-state index in [4.69, 9.17) is 0 Å². The van der Waals surface area contributed by atoms with Gasteiger partial charge in [-0.1, -0.05) is 12.1 Å². The number of carbonyl (C=O) groups is 1. The molecule has 134 valence electrons. The topological polar surface area (TPSA) is 66.5 Å². The van der Waals surface area contributed by atoms with Crippen LogP contribution in [0.2, 0.25) is 0 Å². The summed E-state index contributed by atoms with van der Waals surface area (Å²) in [4.78, 5) is 11.7. The summed E-state index contributed by atoms with van der Waals surface area (Å²) in [6, 6.07) is 6.91. The Labute approximate surface area is 150 Å². The van der Waals surface area contributed by atoms with Crippen molar-refractivity contribution in [3.8, 4) is 0 Å². The van der Waals surface area contributed by atoms with Crippen molar-refractivity contribution in [3.63, 3.8) is 0 Å². The summed E-state index contributed by atoms with van der Waals surface area (Å²) >= 11 is 0. The van der Waals surface area contributed by atoms with Crippen molar-refractivity contribution < 1.29 is 13.2 Å². The van der Waals surface area contributed by atoms with Gasteiger partial charge in [-0.25, -0.2) is 8.42 Å². The summed E-state index contributed by atoms with van der Waals surface area (Å²) in [6.45, 7) is 3.66. The molecule has 1 aromatic rings. The van der Waals surface area contributed by atoms with Crippen molar-refractivity contribution in [1.29, 1.82) is 0 Å². The fourth-order valence-electron chi connectivity index (χ4n) is 3.66. The van der Waals surface area contributed by atoms with Gasteiger partial charge in [-0.05, 0) is 57.2 Å². The van der Waals surface area contributed by atoms with E-state index < -0.39 is 10.0 Å². The zero-order chi connectivity index (χ0) is 16.4. The first-order chi connectivity index (χ1) is 11.0. The number of hydrogen-bond donors (Lipinski definition) is 1. The van der Waals surface area contributed by atoms with E-state index in [0.29, 0.717) is 30.6 Å². The largest absolute Gasteiger partial charge is 0.314 e. The van der Waals surface area contributed by atoms with Gasteiger partial charge in [0.2, 0.25) is 10.0 Å². The number of rotatable bonds is 4. The van der Waals surface area contributed by atoms with Crippen molar-refractivity contribution >= 4 is 28.2 Å². The molecule has 0 aliphatic carbocycles. The zero-order valence-corrected chi connectivity index (χ0v) is 15.5. The summed E-state index contributed by atoms with van der Waals surface area (Å²) in [6.07, 6.45) is 4.24. The van der Waals surface area contributed by atoms with Crippen LogP contribution in [0.3, 0.4) is 0 Å². The SMILES string of the molecule is CC(=O)c1cccc(S(=O)(=O)N2CCC(C3CCCN3)CC2)c1.Cl. The van der Waals surface area contributed by atoms with E-state index in [-0.39, 0.29) is 23.1 Å². The van der Waals surface area contributed by atoms with E-state index in [1.54, 1.807) is 22.5 Å². The fourth-order valence-corrected chi connectivity index (χ4v) is 5.17. The van der Waals surface area contributed by atoms with E-state index in [2.05, 4.69) is 5.32 Å². The Kier molecular flexibility index (Phi) is 6.42. The van der Waals surface area contributed by atoms with Crippen molar-refractivity contribution in [1.82, 2.24) is 9.62 Å². The molecule has 0 saturated carbocycles. The monoisotopic (exact) mass is 372 g/mol. The van der Waals surface area contributed by atoms with E-state index >= 15 is 0 Å². The maximum absolute atomic E-state index is 12.8. The number of Topliss-reactive ketones (excluding diaryl/α,β-unsaturated/α-hetero) is 1. The van der Waals surface area contributed by atoms with Gasteiger partial charge in [0.05, 0.1) is 4.90 Å². The molecule has 1 aromatic carbocycles. The molecule has 1 N–H and O–H groups in total. The maximum atomic E-state index is 12.8. The van der Waals surface area contributed by atoms with Crippen LogP contribution in [0, 0.1) is 5.92 Å². The molecule has 0 bridgehead atoms. The Bertz CT molecular complexity index is 679. The van der Waals surface area contributed by atoms with Crippen LogP contribution in [0.4, 0.5) is 0 Å². The van der Waals surface area contributed by atoms with Crippen LogP contribution in [0.1, 0.15) is 43.0 Å². The predicted octanol–water partition coefficient (Wildman–Crippen LogP) is 2.46. The highest BCUT2D eigenvalue weighted by molar-refractivity contribution is 7.89. The van der Waals surface area contributed by atoms with E-state index in [0.717, 1.165) is 19.4 Å². The lowest BCUT2D eigenvalue weighted by Crippen LogP contribution is -2.43. The Morgan fingerprint density at radius 2 is 1.92 bits per heavy atom. The highest BCUT2D eigenvalue weighted by Gasteiger charge is 2.33. The number of ketones is 1. The van der Waals surface area contributed by atoms with Crippen LogP contribution in [0.15, 0.2) is 29.2 Å². The summed E-state index contributed by atoms with van der Waals surface area (Å²) in [5.74, 6) is 0.459. The summed E-state index contributed by atoms with van der Waals surface area (Å²) in [7, 11) is -3.50. The van der Waals surface area contributed by atoms with Crippen LogP contribution in [0.5, 0.6) is 0 Å². The minimum absolute atomic E-state index is 0. The molecule has 2 aliphatic heterocycles. The molecule has 3 rings (SSSR count). The van der Waals surface area contributed by atoms with Crippen LogP contribution in [0.25, 0.3) is 0 Å². The molecule has 0 spiro atoms. The van der Waals surface area contributed by atoms with Gasteiger partial charge in [-0.15, -0.1) is 12.4 Å². The van der Waals surface area contributed by atoms with Crippen LogP contribution in [-0.2, 0) is 10.0 Å². The highest BCUT2D eigenvalue weighted by Crippen LogP contribution is 2.28. The van der Waals surface area contributed by atoms with Gasteiger partial charge < -0.3 is 5.32 Å². The highest BCUT2D eigenvalue weighted by atomic mass is 35.5. The lowest BCUT2D eigenvalue weighted by molar-refractivity contribution is 0.101. The minimum atomic E-state index is -3.50. The van der Waals surface area contributed by atoms with E-state index in [9.17, 15) is 13.2 Å². The van der Waals surface area contributed by atoms with Gasteiger partial charge in [0.25, 0.3) is 0 Å². The molecule has 7 heteroatoms. The lowest BCUT2D eigenvalue weighted by atomic mass is 9.89. The number of benzene rings is 1. The van der Waals surface area contributed by atoms with Gasteiger partial charge in [-0.3, -0.25) is 4.79 Å². The Morgan fingerprint density at radius 1 is 1.21 bits per heavy atom. The molecule has 2 fully saturated rings. The molecule has 1 atom stereocenters. The molecule has 2 saturated heterocycles. The Hall–Kier alpha value is -0.950. The molecule has 0 radical (unpaired) electrons. The van der Waals surface area contributed by atoms with Crippen molar-refractivity contribution in [3.05, 3.63) is 29.8 Å². The number of nitrogens with zero attached hydrogens (tertiary/aromatic N) is 1. The molecular weight excluding hydrogens is 348 g/mol. The number of sulfonamides is 1. The van der Waals surface area contributed by atoms with E-state index in [1.165, 1.54) is 25.8 Å². The first-order valence-corrected chi connectivity index (χ1v) is 9.77. The molecule has 24 heavy (non-hydrogen) atoms. The molecular formula is C17H25ClN2O3S. The Morgan fingerprint density at radius 3 is 2.50 bits per heavy atom. The minimum Gasteiger partial charge on any atom is -0.314 e. The second kappa shape index (κ2) is 7.95. The fraction of sp³-hybridized carbons (Fsp3) is 0.588. The molecule has 0 aromatic heterocycles. The average Bonchev–Trinajstić information content (AvgIpc) is 3.09. The van der Waals surface area contributed by atoms with Crippen molar-refractivity contribution in [2.45, 2.75) is 43.5 Å². The molecule has 1 unspecified atom stereocenters. The van der Waals surface area contributed by atoms with Crippen LogP contribution < -0.4 is 5.32 Å². The van der Waals surface area contributed by atoms with E-state index in [1.807, 2.05) is 0 Å². The lowest BCUT2D eigenvalue weighted by Gasteiger charge is -2.34. The van der Waals surface area contributed by atoms with Gasteiger partial charge in [0, 0.05) is 24.7 Å². The van der Waals surface area contributed by atoms with Crippen molar-refractivity contribution in [2.24, 2.45) is 5.92 Å². The zero-order valence-electron chi connectivity index (χ0n) is 13.9. The third-order valence-corrected chi connectivity index (χ3v) is 6.94. The first-order valence-electron chi connectivity index (χ1n) is 8.33. The van der Waals surface area contributed by atoms with Crippen LogP contribution >= 0.6 is 12.4 Å². The van der Waals surface area contributed by atoms with Gasteiger partial charge in [0.15, 0.2) is 5.78 Å².